The number of phenols is 2. The van der Waals surface area contributed by atoms with Crippen LogP contribution in [0.25, 0.3) is 0 Å². The fourth-order valence-electron chi connectivity index (χ4n) is 2.42. The largest absolute Gasteiger partial charge is 0.504 e. The molecule has 0 amide bonds. The predicted octanol–water partition coefficient (Wildman–Crippen LogP) is 2.76. The number of aromatic hydroxyl groups is 2. The van der Waals surface area contributed by atoms with E-state index in [1.165, 1.54) is 6.07 Å². The zero-order valence-corrected chi connectivity index (χ0v) is 9.84. The van der Waals surface area contributed by atoms with Crippen LogP contribution >= 0.6 is 0 Å². The van der Waals surface area contributed by atoms with Gasteiger partial charge in [-0.05, 0) is 23.6 Å². The van der Waals surface area contributed by atoms with Gasteiger partial charge in [0.05, 0.1) is 6.61 Å². The maximum Gasteiger partial charge on any atom is 0.161 e. The summed E-state index contributed by atoms with van der Waals surface area (Å²) in [4.78, 5) is 0. The van der Waals surface area contributed by atoms with Crippen molar-refractivity contribution in [2.75, 3.05) is 6.61 Å². The molecule has 18 heavy (non-hydrogen) atoms. The molecule has 0 saturated heterocycles. The zero-order chi connectivity index (χ0) is 12.5. The van der Waals surface area contributed by atoms with Gasteiger partial charge in [0, 0.05) is 5.56 Å². The molecule has 2 N–H and O–H groups in total. The van der Waals surface area contributed by atoms with E-state index in [2.05, 4.69) is 0 Å². The van der Waals surface area contributed by atoms with E-state index in [1.807, 2.05) is 36.4 Å². The molecule has 92 valence electrons. The Kier molecular flexibility index (Phi) is 2.68. The first-order chi connectivity index (χ1) is 8.77. The van der Waals surface area contributed by atoms with Gasteiger partial charge in [0.25, 0.3) is 0 Å². The van der Waals surface area contributed by atoms with E-state index in [-0.39, 0.29) is 17.6 Å². The zero-order valence-electron chi connectivity index (χ0n) is 9.84. The molecule has 1 unspecified atom stereocenters. The van der Waals surface area contributed by atoms with Gasteiger partial charge in [0.15, 0.2) is 11.5 Å². The van der Waals surface area contributed by atoms with Crippen molar-refractivity contribution in [3.63, 3.8) is 0 Å². The Morgan fingerprint density at radius 3 is 2.56 bits per heavy atom. The van der Waals surface area contributed by atoms with Crippen LogP contribution < -0.4 is 0 Å². The highest BCUT2D eigenvalue weighted by atomic mass is 16.5. The SMILES string of the molecule is Oc1ccc2c(c1O)CCOC2c1ccccc1. The van der Waals surface area contributed by atoms with Gasteiger partial charge in [-0.1, -0.05) is 36.4 Å². The Balaban J connectivity index is 2.11. The number of hydrogen-bond acceptors (Lipinski definition) is 3. The van der Waals surface area contributed by atoms with Crippen LogP contribution in [0.1, 0.15) is 22.8 Å². The summed E-state index contributed by atoms with van der Waals surface area (Å²) in [5.74, 6) is -0.0841. The minimum Gasteiger partial charge on any atom is -0.504 e. The smallest absolute Gasteiger partial charge is 0.161 e. The highest BCUT2D eigenvalue weighted by Crippen LogP contribution is 2.40. The van der Waals surface area contributed by atoms with Crippen molar-refractivity contribution in [3.05, 3.63) is 59.2 Å². The van der Waals surface area contributed by atoms with Crippen LogP contribution in [0.5, 0.6) is 11.5 Å². The first-order valence-corrected chi connectivity index (χ1v) is 5.97. The second-order valence-electron chi connectivity index (χ2n) is 4.41. The molecule has 0 bridgehead atoms. The number of phenolic OH excluding ortho intramolecular Hbond substituents is 2. The first kappa shape index (κ1) is 11.1. The van der Waals surface area contributed by atoms with Crippen LogP contribution in [0.4, 0.5) is 0 Å². The Morgan fingerprint density at radius 1 is 1.00 bits per heavy atom. The number of ether oxygens (including phenoxy) is 1. The van der Waals surface area contributed by atoms with Gasteiger partial charge in [-0.25, -0.2) is 0 Å². The molecule has 0 aromatic heterocycles. The third-order valence-corrected chi connectivity index (χ3v) is 3.32. The Bertz CT molecular complexity index is 563. The molecule has 2 aromatic carbocycles. The molecule has 3 rings (SSSR count). The molecule has 1 atom stereocenters. The molecule has 3 heteroatoms. The summed E-state index contributed by atoms with van der Waals surface area (Å²) in [6, 6.07) is 13.2. The van der Waals surface area contributed by atoms with Gasteiger partial charge >= 0.3 is 0 Å². The predicted molar refractivity (Wildman–Crippen MR) is 67.7 cm³/mol. The molecule has 1 heterocycles. The van der Waals surface area contributed by atoms with E-state index in [0.29, 0.717) is 13.0 Å². The maximum absolute atomic E-state index is 9.90. The molecule has 2 aromatic rings. The molecule has 1 aliphatic rings. The topological polar surface area (TPSA) is 49.7 Å². The van der Waals surface area contributed by atoms with Crippen LogP contribution in [0.15, 0.2) is 42.5 Å². The average molecular weight is 242 g/mol. The number of hydrogen-bond donors (Lipinski definition) is 2. The van der Waals surface area contributed by atoms with E-state index in [1.54, 1.807) is 0 Å². The lowest BCUT2D eigenvalue weighted by atomic mass is 9.92. The van der Waals surface area contributed by atoms with E-state index in [4.69, 9.17) is 4.74 Å². The van der Waals surface area contributed by atoms with Crippen molar-refractivity contribution in [3.8, 4) is 11.5 Å². The normalized spacial score (nSPS) is 18.3. The van der Waals surface area contributed by atoms with E-state index in [9.17, 15) is 10.2 Å². The summed E-state index contributed by atoms with van der Waals surface area (Å²) in [6.45, 7) is 0.545. The monoisotopic (exact) mass is 242 g/mol. The van der Waals surface area contributed by atoms with E-state index < -0.39 is 0 Å². The lowest BCUT2D eigenvalue weighted by molar-refractivity contribution is 0.0688. The summed E-state index contributed by atoms with van der Waals surface area (Å²) >= 11 is 0. The van der Waals surface area contributed by atoms with Crippen molar-refractivity contribution in [1.82, 2.24) is 0 Å². The van der Waals surface area contributed by atoms with Crippen molar-refractivity contribution in [2.24, 2.45) is 0 Å². The van der Waals surface area contributed by atoms with Crippen LogP contribution in [0, 0.1) is 0 Å². The fourth-order valence-corrected chi connectivity index (χ4v) is 2.42. The summed E-state index contributed by atoms with van der Waals surface area (Å²) < 4.78 is 5.79. The van der Waals surface area contributed by atoms with Gasteiger partial charge in [-0.2, -0.15) is 0 Å². The molecule has 0 spiro atoms. The van der Waals surface area contributed by atoms with Crippen molar-refractivity contribution < 1.29 is 14.9 Å². The third kappa shape index (κ3) is 1.73. The molecular formula is C15H14O3. The summed E-state index contributed by atoms with van der Waals surface area (Å²) in [5, 5.41) is 19.4. The lowest BCUT2D eigenvalue weighted by Gasteiger charge is -2.27. The van der Waals surface area contributed by atoms with E-state index in [0.717, 1.165) is 16.7 Å². The minimum atomic E-state index is -0.165. The van der Waals surface area contributed by atoms with Gasteiger partial charge in [-0.3, -0.25) is 0 Å². The third-order valence-electron chi connectivity index (χ3n) is 3.32. The average Bonchev–Trinajstić information content (AvgIpc) is 2.43. The van der Waals surface area contributed by atoms with Crippen molar-refractivity contribution in [1.29, 1.82) is 0 Å². The van der Waals surface area contributed by atoms with Gasteiger partial charge in [0.1, 0.15) is 6.10 Å². The molecule has 1 aliphatic heterocycles. The Labute approximate surface area is 105 Å². The van der Waals surface area contributed by atoms with Crippen molar-refractivity contribution in [2.45, 2.75) is 12.5 Å². The fraction of sp³-hybridized carbons (Fsp3) is 0.200. The van der Waals surface area contributed by atoms with Crippen LogP contribution in [-0.2, 0) is 11.2 Å². The summed E-state index contributed by atoms with van der Waals surface area (Å²) in [5.41, 5.74) is 2.78. The Morgan fingerprint density at radius 2 is 1.78 bits per heavy atom. The van der Waals surface area contributed by atoms with Gasteiger partial charge in [-0.15, -0.1) is 0 Å². The summed E-state index contributed by atoms with van der Waals surface area (Å²) in [6.07, 6.45) is 0.459. The van der Waals surface area contributed by atoms with E-state index >= 15 is 0 Å². The first-order valence-electron chi connectivity index (χ1n) is 5.97. The molecule has 3 nitrogen and oxygen atoms in total. The standard InChI is InChI=1S/C15H14O3/c16-13-7-6-12-11(14(13)17)8-9-18-15(12)10-4-2-1-3-5-10/h1-7,15-17H,8-9H2. The van der Waals surface area contributed by atoms with Crippen LogP contribution in [-0.4, -0.2) is 16.8 Å². The number of rotatable bonds is 1. The second kappa shape index (κ2) is 4.35. The second-order valence-corrected chi connectivity index (χ2v) is 4.41. The molecule has 0 radical (unpaired) electrons. The van der Waals surface area contributed by atoms with Gasteiger partial charge < -0.3 is 14.9 Å². The maximum atomic E-state index is 9.90. The highest BCUT2D eigenvalue weighted by Gasteiger charge is 2.25. The number of benzene rings is 2. The van der Waals surface area contributed by atoms with Crippen LogP contribution in [0.3, 0.4) is 0 Å². The Hall–Kier alpha value is -2.00. The van der Waals surface area contributed by atoms with Crippen molar-refractivity contribution >= 4 is 0 Å². The molecule has 0 fully saturated rings. The summed E-state index contributed by atoms with van der Waals surface area (Å²) in [7, 11) is 0. The lowest BCUT2D eigenvalue weighted by Crippen LogP contribution is -2.17. The molecule has 0 saturated carbocycles. The molecule has 0 aliphatic carbocycles. The minimum absolute atomic E-state index is 0.0169. The molecular weight excluding hydrogens is 228 g/mol. The van der Waals surface area contributed by atoms with Crippen LogP contribution in [0.2, 0.25) is 0 Å². The highest BCUT2D eigenvalue weighted by molar-refractivity contribution is 5.52. The quantitative estimate of drug-likeness (QED) is 0.756. The number of fused-ring (bicyclic) bond motifs is 1. The van der Waals surface area contributed by atoms with Gasteiger partial charge in [0.2, 0.25) is 0 Å².